The molecule has 0 spiro atoms. The van der Waals surface area contributed by atoms with Crippen molar-refractivity contribution >= 4 is 32.9 Å². The van der Waals surface area contributed by atoms with Gasteiger partial charge in [-0.3, -0.25) is 0 Å². The van der Waals surface area contributed by atoms with Crippen LogP contribution >= 0.6 is 15.9 Å². The van der Waals surface area contributed by atoms with Crippen molar-refractivity contribution in [2.75, 3.05) is 39.3 Å². The van der Waals surface area contributed by atoms with Crippen LogP contribution in [0.15, 0.2) is 53.1 Å². The molecule has 2 aromatic carbocycles. The summed E-state index contributed by atoms with van der Waals surface area (Å²) in [7, 11) is 0. The average Bonchev–Trinajstić information content (AvgIpc) is 3.36. The summed E-state index contributed by atoms with van der Waals surface area (Å²) in [5.74, 6) is 0.270. The second-order valence-corrected chi connectivity index (χ2v) is 9.34. The van der Waals surface area contributed by atoms with Gasteiger partial charge in [-0.05, 0) is 79.9 Å². The highest BCUT2D eigenvalue weighted by atomic mass is 79.9. The molecule has 1 N–H and O–H groups in total. The standard InChI is InChI=1S/C24H26BrFN4O/c25-18-1-6-23-21(15-18)22(16-30(23)20-4-2-19(26)3-5-20)17-7-10-28(11-8-17)13-14-29-12-9-27-24(29)31/h1-6,15-17H,7-14H2,(H,27,31). The van der Waals surface area contributed by atoms with E-state index in [2.05, 4.69) is 55.1 Å². The molecule has 2 amide bonds. The zero-order chi connectivity index (χ0) is 21.4. The third-order valence-electron chi connectivity index (χ3n) is 6.56. The summed E-state index contributed by atoms with van der Waals surface area (Å²) in [5, 5.41) is 4.12. The first kappa shape index (κ1) is 20.5. The summed E-state index contributed by atoms with van der Waals surface area (Å²) in [5.41, 5.74) is 3.48. The molecule has 162 valence electrons. The predicted molar refractivity (Wildman–Crippen MR) is 124 cm³/mol. The van der Waals surface area contributed by atoms with E-state index in [1.807, 2.05) is 17.0 Å². The van der Waals surface area contributed by atoms with Gasteiger partial charge in [0.1, 0.15) is 5.82 Å². The molecule has 5 nitrogen and oxygen atoms in total. The summed E-state index contributed by atoms with van der Waals surface area (Å²) in [6.45, 7) is 5.38. The number of carbonyl (C=O) groups is 1. The quantitative estimate of drug-likeness (QED) is 0.568. The second-order valence-electron chi connectivity index (χ2n) is 8.43. The van der Waals surface area contributed by atoms with Crippen molar-refractivity contribution in [3.63, 3.8) is 0 Å². The third-order valence-corrected chi connectivity index (χ3v) is 7.05. The monoisotopic (exact) mass is 484 g/mol. The number of urea groups is 1. The van der Waals surface area contributed by atoms with Gasteiger partial charge in [0.25, 0.3) is 0 Å². The lowest BCUT2D eigenvalue weighted by Crippen LogP contribution is -2.40. The van der Waals surface area contributed by atoms with Crippen LogP contribution in [0.3, 0.4) is 0 Å². The minimum Gasteiger partial charge on any atom is -0.336 e. The van der Waals surface area contributed by atoms with Crippen molar-refractivity contribution in [1.29, 1.82) is 0 Å². The molecule has 31 heavy (non-hydrogen) atoms. The number of piperidine rings is 1. The largest absolute Gasteiger partial charge is 0.336 e. The topological polar surface area (TPSA) is 40.5 Å². The van der Waals surface area contributed by atoms with Crippen LogP contribution in [0.5, 0.6) is 0 Å². The smallest absolute Gasteiger partial charge is 0.317 e. The molecule has 0 aliphatic carbocycles. The predicted octanol–water partition coefficient (Wildman–Crippen LogP) is 4.74. The van der Waals surface area contributed by atoms with Gasteiger partial charge < -0.3 is 19.7 Å². The maximum absolute atomic E-state index is 13.4. The fourth-order valence-electron chi connectivity index (χ4n) is 4.82. The Morgan fingerprint density at radius 2 is 1.81 bits per heavy atom. The SMILES string of the molecule is O=C1NCCN1CCN1CCC(c2cn(-c3ccc(F)cc3)c3ccc(Br)cc23)CC1. The van der Waals surface area contributed by atoms with Gasteiger partial charge in [-0.2, -0.15) is 0 Å². The molecule has 3 heterocycles. The Hall–Kier alpha value is -2.38. The van der Waals surface area contributed by atoms with Crippen LogP contribution in [0.2, 0.25) is 0 Å². The molecule has 2 aliphatic heterocycles. The lowest BCUT2D eigenvalue weighted by atomic mass is 9.89. The Labute approximate surface area is 189 Å². The van der Waals surface area contributed by atoms with E-state index in [-0.39, 0.29) is 11.8 Å². The highest BCUT2D eigenvalue weighted by Crippen LogP contribution is 2.37. The lowest BCUT2D eigenvalue weighted by Gasteiger charge is -2.32. The van der Waals surface area contributed by atoms with Crippen LogP contribution in [0.25, 0.3) is 16.6 Å². The van der Waals surface area contributed by atoms with Crippen LogP contribution in [-0.4, -0.2) is 59.7 Å². The van der Waals surface area contributed by atoms with Gasteiger partial charge >= 0.3 is 6.03 Å². The summed E-state index contributed by atoms with van der Waals surface area (Å²) in [6, 6.07) is 13.1. The van der Waals surface area contributed by atoms with Gasteiger partial charge in [0.05, 0.1) is 5.52 Å². The van der Waals surface area contributed by atoms with Gasteiger partial charge in [-0.15, -0.1) is 0 Å². The number of likely N-dealkylation sites (tertiary alicyclic amines) is 1. The number of fused-ring (bicyclic) bond motifs is 1. The number of nitrogens with zero attached hydrogens (tertiary/aromatic N) is 3. The molecule has 1 aromatic heterocycles. The van der Waals surface area contributed by atoms with Gasteiger partial charge in [-0.1, -0.05) is 15.9 Å². The van der Waals surface area contributed by atoms with Crippen LogP contribution in [0.4, 0.5) is 9.18 Å². The molecule has 7 heteroatoms. The fraction of sp³-hybridized carbons (Fsp3) is 0.375. The molecule has 2 aliphatic rings. The Kier molecular flexibility index (Phi) is 5.71. The number of rotatable bonds is 5. The van der Waals surface area contributed by atoms with E-state index in [0.717, 1.165) is 67.8 Å². The van der Waals surface area contributed by atoms with Crippen molar-refractivity contribution in [2.45, 2.75) is 18.8 Å². The van der Waals surface area contributed by atoms with E-state index in [1.165, 1.54) is 23.1 Å². The normalized spacial score (nSPS) is 18.1. The number of hydrogen-bond donors (Lipinski definition) is 1. The van der Waals surface area contributed by atoms with E-state index >= 15 is 0 Å². The van der Waals surface area contributed by atoms with Crippen molar-refractivity contribution < 1.29 is 9.18 Å². The molecular formula is C24H26BrFN4O. The van der Waals surface area contributed by atoms with E-state index in [4.69, 9.17) is 0 Å². The summed E-state index contributed by atoms with van der Waals surface area (Å²) >= 11 is 3.63. The summed E-state index contributed by atoms with van der Waals surface area (Å²) < 4.78 is 16.7. The molecule has 2 fully saturated rings. The summed E-state index contributed by atoms with van der Waals surface area (Å²) in [4.78, 5) is 16.1. The Bertz CT molecular complexity index is 1090. The number of halogens is 2. The number of nitrogens with one attached hydrogen (secondary N) is 1. The van der Waals surface area contributed by atoms with Crippen molar-refractivity contribution in [2.24, 2.45) is 0 Å². The van der Waals surface area contributed by atoms with Crippen molar-refractivity contribution in [3.8, 4) is 5.69 Å². The maximum Gasteiger partial charge on any atom is 0.317 e. The highest BCUT2D eigenvalue weighted by Gasteiger charge is 2.26. The van der Waals surface area contributed by atoms with Gasteiger partial charge in [0.2, 0.25) is 0 Å². The van der Waals surface area contributed by atoms with Gasteiger partial charge in [0.15, 0.2) is 0 Å². The van der Waals surface area contributed by atoms with Gasteiger partial charge in [0, 0.05) is 47.9 Å². The summed E-state index contributed by atoms with van der Waals surface area (Å²) in [6.07, 6.45) is 4.43. The first-order valence-electron chi connectivity index (χ1n) is 10.9. The number of benzene rings is 2. The van der Waals surface area contributed by atoms with E-state index < -0.39 is 0 Å². The molecule has 0 radical (unpaired) electrons. The average molecular weight is 485 g/mol. The Morgan fingerprint density at radius 3 is 2.52 bits per heavy atom. The number of amides is 2. The van der Waals surface area contributed by atoms with Gasteiger partial charge in [-0.25, -0.2) is 9.18 Å². The van der Waals surface area contributed by atoms with Crippen LogP contribution < -0.4 is 5.32 Å². The molecule has 0 bridgehead atoms. The van der Waals surface area contributed by atoms with E-state index in [0.29, 0.717) is 5.92 Å². The Morgan fingerprint density at radius 1 is 1.03 bits per heavy atom. The molecular weight excluding hydrogens is 459 g/mol. The minimum absolute atomic E-state index is 0.0639. The molecule has 5 rings (SSSR count). The number of hydrogen-bond acceptors (Lipinski definition) is 2. The number of carbonyl (C=O) groups excluding carboxylic acids is 1. The first-order chi connectivity index (χ1) is 15.1. The third kappa shape index (κ3) is 4.21. The lowest BCUT2D eigenvalue weighted by molar-refractivity contribution is 0.181. The minimum atomic E-state index is -0.220. The zero-order valence-corrected chi connectivity index (χ0v) is 18.9. The molecule has 0 atom stereocenters. The highest BCUT2D eigenvalue weighted by molar-refractivity contribution is 9.10. The van der Waals surface area contributed by atoms with E-state index in [9.17, 15) is 9.18 Å². The molecule has 2 saturated heterocycles. The number of aromatic nitrogens is 1. The maximum atomic E-state index is 13.4. The van der Waals surface area contributed by atoms with Crippen LogP contribution in [0, 0.1) is 5.82 Å². The Balaban J connectivity index is 1.34. The molecule has 0 unspecified atom stereocenters. The molecule has 0 saturated carbocycles. The second kappa shape index (κ2) is 8.63. The van der Waals surface area contributed by atoms with Crippen LogP contribution in [0.1, 0.15) is 24.3 Å². The van der Waals surface area contributed by atoms with Crippen molar-refractivity contribution in [3.05, 3.63) is 64.5 Å². The van der Waals surface area contributed by atoms with Crippen molar-refractivity contribution in [1.82, 2.24) is 19.7 Å². The molecule has 3 aromatic rings. The van der Waals surface area contributed by atoms with Crippen LogP contribution in [-0.2, 0) is 0 Å². The fourth-order valence-corrected chi connectivity index (χ4v) is 5.18. The zero-order valence-electron chi connectivity index (χ0n) is 17.4. The first-order valence-corrected chi connectivity index (χ1v) is 11.7. The van der Waals surface area contributed by atoms with E-state index in [1.54, 1.807) is 0 Å².